The van der Waals surface area contributed by atoms with Crippen molar-refractivity contribution in [2.24, 2.45) is 0 Å². The Labute approximate surface area is 138 Å². The van der Waals surface area contributed by atoms with Gasteiger partial charge in [0.25, 0.3) is 5.56 Å². The molecule has 6 heteroatoms. The molecule has 0 saturated heterocycles. The smallest absolute Gasteiger partial charge is 0.331 e. The molecule has 24 heavy (non-hydrogen) atoms. The van der Waals surface area contributed by atoms with Gasteiger partial charge in [0.2, 0.25) is 0 Å². The molecule has 0 saturated carbocycles. The van der Waals surface area contributed by atoms with E-state index in [1.54, 1.807) is 28.8 Å². The molecule has 0 fully saturated rings. The average Bonchev–Trinajstić information content (AvgIpc) is 3.01. The summed E-state index contributed by atoms with van der Waals surface area (Å²) in [5, 5.41) is 0. The van der Waals surface area contributed by atoms with Crippen molar-refractivity contribution in [3.63, 3.8) is 0 Å². The highest BCUT2D eigenvalue weighted by atomic mass is 19.1. The monoisotopic (exact) mass is 329 g/mol. The molecule has 2 heterocycles. The third-order valence-corrected chi connectivity index (χ3v) is 4.07. The first-order chi connectivity index (χ1) is 11.6. The van der Waals surface area contributed by atoms with Crippen molar-refractivity contribution in [3.8, 4) is 11.3 Å². The number of nitrogens with one attached hydrogen (secondary N) is 1. The van der Waals surface area contributed by atoms with Gasteiger partial charge in [0, 0.05) is 18.7 Å². The second-order valence-electron chi connectivity index (χ2n) is 5.81. The average molecular weight is 329 g/mol. The lowest BCUT2D eigenvalue weighted by Crippen LogP contribution is -2.39. The van der Waals surface area contributed by atoms with Crippen LogP contribution in [0.4, 0.5) is 4.39 Å². The summed E-state index contributed by atoms with van der Waals surface area (Å²) in [5.41, 5.74) is 1.08. The predicted molar refractivity (Wildman–Crippen MR) is 92.8 cm³/mol. The van der Waals surface area contributed by atoms with Crippen molar-refractivity contribution in [1.29, 1.82) is 0 Å². The predicted octanol–water partition coefficient (Wildman–Crippen LogP) is 3.12. The molecule has 0 aliphatic carbocycles. The maximum atomic E-state index is 14.1. The minimum absolute atomic E-state index is 0.310. The van der Waals surface area contributed by atoms with E-state index in [0.717, 1.165) is 6.42 Å². The molecule has 0 amide bonds. The number of nitrogens with zero attached hydrogens (tertiary/aromatic N) is 2. The Morgan fingerprint density at radius 2 is 1.71 bits per heavy atom. The Balaban J connectivity index is 2.34. The number of aromatic amines is 1. The van der Waals surface area contributed by atoms with Crippen molar-refractivity contribution >= 4 is 11.0 Å². The molecule has 0 aliphatic heterocycles. The van der Waals surface area contributed by atoms with E-state index in [4.69, 9.17) is 0 Å². The fourth-order valence-electron chi connectivity index (χ4n) is 2.98. The van der Waals surface area contributed by atoms with E-state index in [1.807, 2.05) is 13.8 Å². The van der Waals surface area contributed by atoms with Crippen LogP contribution in [0.5, 0.6) is 0 Å². The molecular formula is C18H20FN3O2. The van der Waals surface area contributed by atoms with Gasteiger partial charge in [-0.15, -0.1) is 0 Å². The van der Waals surface area contributed by atoms with Crippen LogP contribution in [0.2, 0.25) is 0 Å². The van der Waals surface area contributed by atoms with Crippen LogP contribution < -0.4 is 11.2 Å². The molecule has 5 nitrogen and oxygen atoms in total. The molecule has 1 N–H and O–H groups in total. The number of aromatic nitrogens is 3. The Kier molecular flexibility index (Phi) is 4.38. The maximum Gasteiger partial charge on any atom is 0.331 e. The van der Waals surface area contributed by atoms with Crippen LogP contribution in [-0.2, 0) is 13.1 Å². The van der Waals surface area contributed by atoms with Gasteiger partial charge in [0.15, 0.2) is 0 Å². The van der Waals surface area contributed by atoms with Gasteiger partial charge in [0.1, 0.15) is 11.3 Å². The van der Waals surface area contributed by atoms with Crippen molar-refractivity contribution in [2.45, 2.75) is 39.8 Å². The zero-order chi connectivity index (χ0) is 17.3. The molecule has 0 spiro atoms. The summed E-state index contributed by atoms with van der Waals surface area (Å²) in [4.78, 5) is 28.3. The number of hydrogen-bond acceptors (Lipinski definition) is 2. The largest absolute Gasteiger partial charge is 0.349 e. The third-order valence-electron chi connectivity index (χ3n) is 4.07. The Morgan fingerprint density at radius 3 is 2.38 bits per heavy atom. The lowest BCUT2D eigenvalue weighted by molar-refractivity contribution is 0.558. The standard InChI is InChI=1S/C18H20FN3O2/c1-3-9-21-15-11-14(12-7-5-6-8-13(12)19)20-16(15)17(23)22(10-4-2)18(21)24/h5-8,11,20H,3-4,9-10H2,1-2H3. The highest BCUT2D eigenvalue weighted by Crippen LogP contribution is 2.24. The Hall–Kier alpha value is -2.63. The zero-order valence-electron chi connectivity index (χ0n) is 13.8. The van der Waals surface area contributed by atoms with E-state index in [9.17, 15) is 14.0 Å². The second kappa shape index (κ2) is 6.47. The van der Waals surface area contributed by atoms with E-state index in [-0.39, 0.29) is 17.1 Å². The van der Waals surface area contributed by atoms with Crippen LogP contribution in [0.3, 0.4) is 0 Å². The molecule has 0 unspecified atom stereocenters. The van der Waals surface area contributed by atoms with Crippen LogP contribution in [0.15, 0.2) is 39.9 Å². The number of rotatable bonds is 5. The van der Waals surface area contributed by atoms with E-state index < -0.39 is 0 Å². The van der Waals surface area contributed by atoms with Crippen molar-refractivity contribution in [3.05, 3.63) is 57.0 Å². The lowest BCUT2D eigenvalue weighted by atomic mass is 10.1. The molecule has 0 atom stereocenters. The van der Waals surface area contributed by atoms with Gasteiger partial charge in [-0.3, -0.25) is 13.9 Å². The summed E-state index contributed by atoms with van der Waals surface area (Å²) in [6, 6.07) is 8.05. The number of hydrogen-bond donors (Lipinski definition) is 1. The summed E-state index contributed by atoms with van der Waals surface area (Å²) in [5.74, 6) is -0.373. The minimum Gasteiger partial charge on any atom is -0.349 e. The summed E-state index contributed by atoms with van der Waals surface area (Å²) in [6.07, 6.45) is 1.45. The quantitative estimate of drug-likeness (QED) is 0.782. The van der Waals surface area contributed by atoms with Gasteiger partial charge in [-0.05, 0) is 31.0 Å². The molecule has 0 bridgehead atoms. The minimum atomic E-state index is -0.373. The summed E-state index contributed by atoms with van der Waals surface area (Å²) >= 11 is 0. The SMILES string of the molecule is CCCn1c(=O)c2[nH]c(-c3ccccc3F)cc2n(CCC)c1=O. The number of fused-ring (bicyclic) bond motifs is 1. The van der Waals surface area contributed by atoms with Crippen LogP contribution in [-0.4, -0.2) is 14.1 Å². The van der Waals surface area contributed by atoms with Gasteiger partial charge in [-0.1, -0.05) is 26.0 Å². The number of halogens is 1. The first kappa shape index (κ1) is 16.2. The molecule has 0 aliphatic rings. The van der Waals surface area contributed by atoms with Gasteiger partial charge in [0.05, 0.1) is 11.2 Å². The topological polar surface area (TPSA) is 59.8 Å². The van der Waals surface area contributed by atoms with Gasteiger partial charge in [-0.25, -0.2) is 9.18 Å². The van der Waals surface area contributed by atoms with Gasteiger partial charge >= 0.3 is 5.69 Å². The summed E-state index contributed by atoms with van der Waals surface area (Å²) in [7, 11) is 0. The fourth-order valence-corrected chi connectivity index (χ4v) is 2.98. The zero-order valence-corrected chi connectivity index (χ0v) is 13.8. The first-order valence-electron chi connectivity index (χ1n) is 8.19. The van der Waals surface area contributed by atoms with Gasteiger partial charge in [-0.2, -0.15) is 0 Å². The van der Waals surface area contributed by atoms with E-state index in [2.05, 4.69) is 4.98 Å². The van der Waals surface area contributed by atoms with Crippen molar-refractivity contribution in [2.75, 3.05) is 0 Å². The Morgan fingerprint density at radius 1 is 1.04 bits per heavy atom. The third kappa shape index (κ3) is 2.58. The highest BCUT2D eigenvalue weighted by molar-refractivity contribution is 5.82. The molecule has 2 aromatic heterocycles. The van der Waals surface area contributed by atoms with Crippen molar-refractivity contribution in [1.82, 2.24) is 14.1 Å². The lowest BCUT2D eigenvalue weighted by Gasteiger charge is -2.10. The normalized spacial score (nSPS) is 11.3. The number of H-pyrrole nitrogens is 1. The summed E-state index contributed by atoms with van der Waals surface area (Å²) < 4.78 is 16.9. The summed E-state index contributed by atoms with van der Waals surface area (Å²) in [6.45, 7) is 4.76. The molecule has 0 radical (unpaired) electrons. The highest BCUT2D eigenvalue weighted by Gasteiger charge is 2.16. The van der Waals surface area contributed by atoms with Gasteiger partial charge < -0.3 is 4.98 Å². The van der Waals surface area contributed by atoms with Crippen LogP contribution >= 0.6 is 0 Å². The van der Waals surface area contributed by atoms with Crippen LogP contribution in [0, 0.1) is 5.82 Å². The second-order valence-corrected chi connectivity index (χ2v) is 5.81. The van der Waals surface area contributed by atoms with E-state index in [1.165, 1.54) is 10.6 Å². The number of aryl methyl sites for hydroxylation is 1. The molecular weight excluding hydrogens is 309 g/mol. The van der Waals surface area contributed by atoms with Crippen molar-refractivity contribution < 1.29 is 4.39 Å². The van der Waals surface area contributed by atoms with Crippen LogP contribution in [0.1, 0.15) is 26.7 Å². The maximum absolute atomic E-state index is 14.1. The van der Waals surface area contributed by atoms with E-state index >= 15 is 0 Å². The first-order valence-corrected chi connectivity index (χ1v) is 8.19. The van der Waals surface area contributed by atoms with Crippen LogP contribution in [0.25, 0.3) is 22.3 Å². The number of benzene rings is 1. The Bertz CT molecular complexity index is 998. The molecule has 3 rings (SSSR count). The fraction of sp³-hybridized carbons (Fsp3) is 0.333. The molecule has 3 aromatic rings. The molecule has 126 valence electrons. The van der Waals surface area contributed by atoms with E-state index in [0.29, 0.717) is 41.8 Å². The molecule has 1 aromatic carbocycles.